The van der Waals surface area contributed by atoms with E-state index in [1.165, 1.54) is 0 Å². The highest BCUT2D eigenvalue weighted by molar-refractivity contribution is 7.55. The van der Waals surface area contributed by atoms with Gasteiger partial charge in [0.05, 0.1) is 13.2 Å². The van der Waals surface area contributed by atoms with E-state index in [-0.39, 0.29) is 13.2 Å². The van der Waals surface area contributed by atoms with Crippen LogP contribution in [0.1, 0.15) is 29.8 Å². The van der Waals surface area contributed by atoms with Crippen molar-refractivity contribution in [1.82, 2.24) is 5.32 Å². The summed E-state index contributed by atoms with van der Waals surface area (Å²) in [6.07, 6.45) is 0. The van der Waals surface area contributed by atoms with Crippen molar-refractivity contribution in [2.24, 2.45) is 0 Å². The van der Waals surface area contributed by atoms with Gasteiger partial charge in [0.25, 0.3) is 5.91 Å². The molecule has 0 saturated carbocycles. The maximum Gasteiger partial charge on any atom is 0.357 e. The molecule has 0 spiro atoms. The second kappa shape index (κ2) is 8.70. The van der Waals surface area contributed by atoms with Crippen molar-refractivity contribution in [3.63, 3.8) is 0 Å². The number of carbonyl (C=O) groups excluding carboxylic acids is 1. The lowest BCUT2D eigenvalue weighted by Crippen LogP contribution is -2.44. The molecule has 1 atom stereocenters. The second-order valence-corrected chi connectivity index (χ2v) is 9.14. The maximum absolute atomic E-state index is 12.9. The standard InChI is InChI=1S/C14H19Cl3NO4P/c1-4-21-23(20,22-5-2)13(14(15,16)17)18-12(19)11-8-6-7-10(3)9-11/h6-9,13H,4-5H2,1-3H3,(H,18,19)/t13-/m0/s1. The zero-order chi connectivity index (χ0) is 17.7. The molecule has 0 radical (unpaired) electrons. The molecular weight excluding hydrogens is 383 g/mol. The van der Waals surface area contributed by atoms with Gasteiger partial charge < -0.3 is 14.4 Å². The minimum absolute atomic E-state index is 0.0782. The monoisotopic (exact) mass is 401 g/mol. The summed E-state index contributed by atoms with van der Waals surface area (Å²) in [5.74, 6) is -1.97. The van der Waals surface area contributed by atoms with Crippen molar-refractivity contribution in [2.75, 3.05) is 13.2 Å². The Balaban J connectivity index is 3.12. The summed E-state index contributed by atoms with van der Waals surface area (Å²) in [6.45, 7) is 5.26. The molecule has 1 N–H and O–H groups in total. The zero-order valence-electron chi connectivity index (χ0n) is 13.0. The number of hydrogen-bond acceptors (Lipinski definition) is 4. The number of rotatable bonds is 7. The largest absolute Gasteiger partial charge is 0.357 e. The highest BCUT2D eigenvalue weighted by atomic mass is 35.6. The number of hydrogen-bond donors (Lipinski definition) is 1. The van der Waals surface area contributed by atoms with Gasteiger partial charge in [-0.3, -0.25) is 9.36 Å². The number of nitrogens with one attached hydrogen (secondary N) is 1. The molecule has 1 rings (SSSR count). The molecule has 0 aromatic heterocycles. The lowest BCUT2D eigenvalue weighted by atomic mass is 10.1. The van der Waals surface area contributed by atoms with Crippen molar-refractivity contribution in [3.05, 3.63) is 35.4 Å². The first kappa shape index (κ1) is 20.8. The van der Waals surface area contributed by atoms with Crippen LogP contribution in [-0.4, -0.2) is 28.7 Å². The van der Waals surface area contributed by atoms with E-state index in [2.05, 4.69) is 5.32 Å². The normalized spacial score (nSPS) is 13.7. The van der Waals surface area contributed by atoms with Crippen molar-refractivity contribution < 1.29 is 18.4 Å². The zero-order valence-corrected chi connectivity index (χ0v) is 16.2. The van der Waals surface area contributed by atoms with Crippen molar-refractivity contribution in [1.29, 1.82) is 0 Å². The lowest BCUT2D eigenvalue weighted by Gasteiger charge is -2.31. The second-order valence-electron chi connectivity index (χ2n) is 4.66. The van der Waals surface area contributed by atoms with Crippen LogP contribution < -0.4 is 5.32 Å². The van der Waals surface area contributed by atoms with Gasteiger partial charge in [0.2, 0.25) is 3.79 Å². The molecule has 130 valence electrons. The predicted molar refractivity (Wildman–Crippen MR) is 93.6 cm³/mol. The quantitative estimate of drug-likeness (QED) is 0.531. The molecule has 0 saturated heterocycles. The topological polar surface area (TPSA) is 64.6 Å². The molecule has 0 heterocycles. The van der Waals surface area contributed by atoms with Gasteiger partial charge in [-0.2, -0.15) is 0 Å². The fourth-order valence-corrected chi connectivity index (χ4v) is 4.85. The van der Waals surface area contributed by atoms with Crippen LogP contribution in [0.5, 0.6) is 0 Å². The van der Waals surface area contributed by atoms with Gasteiger partial charge in [-0.25, -0.2) is 0 Å². The average molecular weight is 403 g/mol. The van der Waals surface area contributed by atoms with Crippen LogP contribution in [0.4, 0.5) is 0 Å². The molecule has 0 unspecified atom stereocenters. The van der Waals surface area contributed by atoms with E-state index < -0.39 is 23.1 Å². The van der Waals surface area contributed by atoms with E-state index in [4.69, 9.17) is 43.9 Å². The molecule has 0 fully saturated rings. The van der Waals surface area contributed by atoms with Crippen LogP contribution >= 0.6 is 42.4 Å². The molecule has 5 nitrogen and oxygen atoms in total. The predicted octanol–water partition coefficient (Wildman–Crippen LogP) is 4.69. The summed E-state index contributed by atoms with van der Waals surface area (Å²) in [5, 5.41) is 2.46. The number of amides is 1. The van der Waals surface area contributed by atoms with Crippen LogP contribution in [0.15, 0.2) is 24.3 Å². The summed E-state index contributed by atoms with van der Waals surface area (Å²) in [6, 6.07) is 6.83. The molecule has 0 aliphatic carbocycles. The van der Waals surface area contributed by atoms with Gasteiger partial charge in [-0.05, 0) is 32.9 Å². The van der Waals surface area contributed by atoms with Crippen LogP contribution in [0.3, 0.4) is 0 Å². The van der Waals surface area contributed by atoms with E-state index in [0.29, 0.717) is 5.56 Å². The first-order valence-electron chi connectivity index (χ1n) is 6.97. The van der Waals surface area contributed by atoms with Crippen LogP contribution in [0.25, 0.3) is 0 Å². The Morgan fingerprint density at radius 1 is 1.26 bits per heavy atom. The molecule has 0 bridgehead atoms. The third-order valence-electron chi connectivity index (χ3n) is 2.79. The Kier molecular flexibility index (Phi) is 7.85. The first-order valence-corrected chi connectivity index (χ1v) is 9.71. The van der Waals surface area contributed by atoms with Crippen molar-refractivity contribution >= 4 is 48.3 Å². The summed E-state index contributed by atoms with van der Waals surface area (Å²) in [4.78, 5) is 12.4. The maximum atomic E-state index is 12.9. The van der Waals surface area contributed by atoms with Gasteiger partial charge in [-0.1, -0.05) is 52.5 Å². The van der Waals surface area contributed by atoms with Crippen LogP contribution in [-0.2, 0) is 13.6 Å². The van der Waals surface area contributed by atoms with Crippen LogP contribution in [0.2, 0.25) is 0 Å². The minimum atomic E-state index is -3.86. The lowest BCUT2D eigenvalue weighted by molar-refractivity contribution is 0.0938. The van der Waals surface area contributed by atoms with E-state index in [1.807, 2.05) is 13.0 Å². The van der Waals surface area contributed by atoms with Gasteiger partial charge in [-0.15, -0.1) is 0 Å². The highest BCUT2D eigenvalue weighted by Crippen LogP contribution is 2.58. The number of halogens is 3. The first-order chi connectivity index (χ1) is 10.6. The van der Waals surface area contributed by atoms with E-state index in [9.17, 15) is 9.36 Å². The van der Waals surface area contributed by atoms with Crippen LogP contribution in [0, 0.1) is 6.92 Å². The van der Waals surface area contributed by atoms with Gasteiger partial charge in [0.1, 0.15) is 0 Å². The Hall–Kier alpha value is -0.290. The average Bonchev–Trinajstić information content (AvgIpc) is 2.43. The molecule has 9 heteroatoms. The molecule has 23 heavy (non-hydrogen) atoms. The van der Waals surface area contributed by atoms with E-state index >= 15 is 0 Å². The number of alkyl halides is 3. The Morgan fingerprint density at radius 3 is 2.26 bits per heavy atom. The number of carbonyl (C=O) groups is 1. The Bertz CT molecular complexity index is 582. The van der Waals surface area contributed by atoms with Gasteiger partial charge >= 0.3 is 7.60 Å². The minimum Gasteiger partial charge on any atom is -0.334 e. The molecule has 1 aromatic carbocycles. The molecule has 1 amide bonds. The number of aryl methyl sites for hydroxylation is 1. The highest BCUT2D eigenvalue weighted by Gasteiger charge is 2.49. The number of benzene rings is 1. The fraction of sp³-hybridized carbons (Fsp3) is 0.500. The van der Waals surface area contributed by atoms with E-state index in [1.54, 1.807) is 32.0 Å². The third-order valence-corrected chi connectivity index (χ3v) is 6.29. The van der Waals surface area contributed by atoms with Gasteiger partial charge in [0.15, 0.2) is 5.78 Å². The fourth-order valence-electron chi connectivity index (χ4n) is 1.88. The molecule has 0 aliphatic heterocycles. The molecule has 0 aliphatic rings. The Morgan fingerprint density at radius 2 is 1.83 bits per heavy atom. The van der Waals surface area contributed by atoms with Crippen molar-refractivity contribution in [3.8, 4) is 0 Å². The van der Waals surface area contributed by atoms with Gasteiger partial charge in [0, 0.05) is 5.56 Å². The van der Waals surface area contributed by atoms with E-state index in [0.717, 1.165) is 5.56 Å². The SMILES string of the molecule is CCOP(=O)(OCC)[C@H](NC(=O)c1cccc(C)c1)C(Cl)(Cl)Cl. The summed E-state index contributed by atoms with van der Waals surface area (Å²) >= 11 is 17.7. The summed E-state index contributed by atoms with van der Waals surface area (Å²) < 4.78 is 21.2. The molecule has 1 aromatic rings. The Labute approximate surface area is 151 Å². The van der Waals surface area contributed by atoms with Crippen molar-refractivity contribution in [2.45, 2.75) is 30.3 Å². The molecular formula is C14H19Cl3NO4P. The third kappa shape index (κ3) is 5.93. The smallest absolute Gasteiger partial charge is 0.334 e. The summed E-state index contributed by atoms with van der Waals surface area (Å²) in [7, 11) is -3.86. The summed E-state index contributed by atoms with van der Waals surface area (Å²) in [5.41, 5.74) is 1.24.